The first-order chi connectivity index (χ1) is 17.1. The first-order valence-corrected chi connectivity index (χ1v) is 13.2. The van der Waals surface area contributed by atoms with Crippen molar-refractivity contribution in [2.75, 3.05) is 13.1 Å². The Morgan fingerprint density at radius 2 is 1.69 bits per heavy atom. The van der Waals surface area contributed by atoms with Gasteiger partial charge in [-0.05, 0) is 73.4 Å². The first-order valence-electron chi connectivity index (χ1n) is 13.2. The van der Waals surface area contributed by atoms with Gasteiger partial charge < -0.3 is 4.90 Å². The van der Waals surface area contributed by atoms with Crippen molar-refractivity contribution in [3.63, 3.8) is 0 Å². The van der Waals surface area contributed by atoms with Gasteiger partial charge in [-0.3, -0.25) is 9.79 Å². The maximum absolute atomic E-state index is 13.2. The normalized spacial score (nSPS) is 15.4. The molecular formula is C32H38N2O. The lowest BCUT2D eigenvalue weighted by molar-refractivity contribution is -0.132. The Kier molecular flexibility index (Phi) is 8.52. The van der Waals surface area contributed by atoms with Crippen molar-refractivity contribution in [3.05, 3.63) is 101 Å². The average molecular weight is 467 g/mol. The van der Waals surface area contributed by atoms with Crippen LogP contribution in [0.4, 0.5) is 5.69 Å². The van der Waals surface area contributed by atoms with Crippen LogP contribution in [0.3, 0.4) is 0 Å². The van der Waals surface area contributed by atoms with Gasteiger partial charge in [-0.15, -0.1) is 0 Å². The van der Waals surface area contributed by atoms with Crippen LogP contribution >= 0.6 is 0 Å². The second-order valence-corrected chi connectivity index (χ2v) is 9.63. The Hall–Kier alpha value is -3.20. The fraction of sp³-hybridized carbons (Fsp3) is 0.375. The molecule has 0 N–H and O–H groups in total. The van der Waals surface area contributed by atoms with Crippen molar-refractivity contribution in [2.24, 2.45) is 4.99 Å². The summed E-state index contributed by atoms with van der Waals surface area (Å²) in [6.07, 6.45) is 5.15. The van der Waals surface area contributed by atoms with Crippen molar-refractivity contribution in [1.29, 1.82) is 0 Å². The number of unbranched alkanes of at least 4 members (excludes halogenated alkanes) is 1. The minimum absolute atomic E-state index is 0.0951. The minimum atomic E-state index is -0.0951. The standard InChI is InChI=1S/C32H38N2O/c1-4-21-34(32(35)24(3)26-16-7-6-8-17-26)22-12-11-14-25-15-13-18-27(23-25)31-28(5-2)29-19-9-10-20-30(29)33-31/h6-10,13,15-20,23-24,28H,4-5,11-12,14,21-22H2,1-3H3. The van der Waals surface area contributed by atoms with Crippen LogP contribution in [0.2, 0.25) is 0 Å². The Bertz CT molecular complexity index is 1150. The lowest BCUT2D eigenvalue weighted by Crippen LogP contribution is -2.35. The summed E-state index contributed by atoms with van der Waals surface area (Å²) in [5.74, 6) is 0.522. The number of fused-ring (bicyclic) bond motifs is 1. The highest BCUT2D eigenvalue weighted by Gasteiger charge is 2.26. The second-order valence-electron chi connectivity index (χ2n) is 9.63. The zero-order chi connectivity index (χ0) is 24.6. The van der Waals surface area contributed by atoms with Gasteiger partial charge >= 0.3 is 0 Å². The molecule has 0 saturated carbocycles. The highest BCUT2D eigenvalue weighted by Crippen LogP contribution is 2.39. The van der Waals surface area contributed by atoms with E-state index in [1.807, 2.05) is 25.1 Å². The van der Waals surface area contributed by atoms with Crippen LogP contribution in [0.1, 0.15) is 80.5 Å². The van der Waals surface area contributed by atoms with Crippen LogP contribution in [0.25, 0.3) is 0 Å². The Balaban J connectivity index is 1.35. The number of aliphatic imine (C=N–C) groups is 1. The van der Waals surface area contributed by atoms with E-state index in [4.69, 9.17) is 4.99 Å². The zero-order valence-electron chi connectivity index (χ0n) is 21.4. The molecular weight excluding hydrogens is 428 g/mol. The Labute approximate surface area is 210 Å². The van der Waals surface area contributed by atoms with Gasteiger partial charge in [-0.2, -0.15) is 0 Å². The molecule has 1 aliphatic heterocycles. The fourth-order valence-corrected chi connectivity index (χ4v) is 5.20. The number of carbonyl (C=O) groups is 1. The predicted molar refractivity (Wildman–Crippen MR) is 147 cm³/mol. The number of nitrogens with zero attached hydrogens (tertiary/aromatic N) is 2. The third kappa shape index (κ3) is 5.90. The van der Waals surface area contributed by atoms with E-state index in [0.717, 1.165) is 56.4 Å². The van der Waals surface area contributed by atoms with E-state index >= 15 is 0 Å². The second kappa shape index (κ2) is 12.0. The van der Waals surface area contributed by atoms with Crippen LogP contribution < -0.4 is 0 Å². The van der Waals surface area contributed by atoms with Crippen LogP contribution in [-0.2, 0) is 11.2 Å². The van der Waals surface area contributed by atoms with Crippen molar-refractivity contribution in [1.82, 2.24) is 4.90 Å². The van der Waals surface area contributed by atoms with Crippen LogP contribution in [0.5, 0.6) is 0 Å². The molecule has 1 heterocycles. The van der Waals surface area contributed by atoms with Crippen LogP contribution in [0, 0.1) is 0 Å². The molecule has 3 nitrogen and oxygen atoms in total. The highest BCUT2D eigenvalue weighted by molar-refractivity contribution is 6.09. The number of aryl methyl sites for hydroxylation is 1. The zero-order valence-corrected chi connectivity index (χ0v) is 21.4. The maximum Gasteiger partial charge on any atom is 0.229 e. The fourth-order valence-electron chi connectivity index (χ4n) is 5.20. The molecule has 3 aromatic rings. The molecule has 0 aliphatic carbocycles. The topological polar surface area (TPSA) is 32.7 Å². The van der Waals surface area contributed by atoms with E-state index in [1.165, 1.54) is 22.4 Å². The van der Waals surface area contributed by atoms with Gasteiger partial charge in [0.1, 0.15) is 0 Å². The molecule has 0 fully saturated rings. The molecule has 0 aromatic heterocycles. The van der Waals surface area contributed by atoms with E-state index in [9.17, 15) is 4.79 Å². The molecule has 0 saturated heterocycles. The number of carbonyl (C=O) groups excluding carboxylic acids is 1. The highest BCUT2D eigenvalue weighted by atomic mass is 16.2. The smallest absolute Gasteiger partial charge is 0.229 e. The number of hydrogen-bond donors (Lipinski definition) is 0. The molecule has 0 spiro atoms. The number of rotatable bonds is 11. The maximum atomic E-state index is 13.2. The SMILES string of the molecule is CCCN(CCCCc1cccc(C2=Nc3ccccc3C2CC)c1)C(=O)C(C)c1ccccc1. The number of para-hydroxylation sites is 1. The summed E-state index contributed by atoms with van der Waals surface area (Å²) < 4.78 is 0. The number of amides is 1. The van der Waals surface area contributed by atoms with Crippen molar-refractivity contribution < 1.29 is 4.79 Å². The van der Waals surface area contributed by atoms with Crippen LogP contribution in [-0.4, -0.2) is 29.6 Å². The summed E-state index contributed by atoms with van der Waals surface area (Å²) in [7, 11) is 0. The molecule has 3 aromatic carbocycles. The summed E-state index contributed by atoms with van der Waals surface area (Å²) in [4.78, 5) is 20.2. The summed E-state index contributed by atoms with van der Waals surface area (Å²) in [5, 5.41) is 0. The molecule has 2 atom stereocenters. The van der Waals surface area contributed by atoms with Crippen LogP contribution in [0.15, 0.2) is 83.9 Å². The summed E-state index contributed by atoms with van der Waals surface area (Å²) in [5.41, 5.74) is 7.35. The predicted octanol–water partition coefficient (Wildman–Crippen LogP) is 7.68. The molecule has 3 heteroatoms. The Morgan fingerprint density at radius 1 is 0.914 bits per heavy atom. The van der Waals surface area contributed by atoms with Gasteiger partial charge in [0.05, 0.1) is 17.3 Å². The van der Waals surface area contributed by atoms with Crippen molar-refractivity contribution in [2.45, 2.75) is 64.7 Å². The van der Waals surface area contributed by atoms with Gasteiger partial charge in [0.15, 0.2) is 0 Å². The van der Waals surface area contributed by atoms with E-state index in [0.29, 0.717) is 5.92 Å². The first kappa shape index (κ1) is 24.9. The molecule has 2 unspecified atom stereocenters. The molecule has 4 rings (SSSR count). The van der Waals surface area contributed by atoms with Crippen molar-refractivity contribution >= 4 is 17.3 Å². The number of benzene rings is 3. The molecule has 0 radical (unpaired) electrons. The molecule has 182 valence electrons. The number of hydrogen-bond acceptors (Lipinski definition) is 2. The summed E-state index contributed by atoms with van der Waals surface area (Å²) in [6, 6.07) is 27.5. The molecule has 1 amide bonds. The quantitative estimate of drug-likeness (QED) is 0.267. The van der Waals surface area contributed by atoms with E-state index < -0.39 is 0 Å². The van der Waals surface area contributed by atoms with Gasteiger partial charge in [0.2, 0.25) is 5.91 Å². The summed E-state index contributed by atoms with van der Waals surface area (Å²) in [6.45, 7) is 8.06. The van der Waals surface area contributed by atoms with E-state index in [2.05, 4.69) is 79.4 Å². The lowest BCUT2D eigenvalue weighted by Gasteiger charge is -2.26. The largest absolute Gasteiger partial charge is 0.342 e. The molecule has 0 bridgehead atoms. The lowest BCUT2D eigenvalue weighted by atomic mass is 9.89. The molecule has 1 aliphatic rings. The molecule has 35 heavy (non-hydrogen) atoms. The Morgan fingerprint density at radius 3 is 2.46 bits per heavy atom. The third-order valence-electron chi connectivity index (χ3n) is 7.13. The van der Waals surface area contributed by atoms with Gasteiger partial charge in [-0.1, -0.05) is 80.6 Å². The van der Waals surface area contributed by atoms with Crippen molar-refractivity contribution in [3.8, 4) is 0 Å². The third-order valence-corrected chi connectivity index (χ3v) is 7.13. The van der Waals surface area contributed by atoms with Gasteiger partial charge in [-0.25, -0.2) is 0 Å². The van der Waals surface area contributed by atoms with E-state index in [-0.39, 0.29) is 11.8 Å². The summed E-state index contributed by atoms with van der Waals surface area (Å²) >= 11 is 0. The van der Waals surface area contributed by atoms with Gasteiger partial charge in [0.25, 0.3) is 0 Å². The average Bonchev–Trinajstić information content (AvgIpc) is 3.29. The van der Waals surface area contributed by atoms with Gasteiger partial charge in [0, 0.05) is 19.0 Å². The minimum Gasteiger partial charge on any atom is -0.342 e. The van der Waals surface area contributed by atoms with E-state index in [1.54, 1.807) is 0 Å². The monoisotopic (exact) mass is 466 g/mol.